The minimum Gasteiger partial charge on any atom is -0.478 e. The van der Waals surface area contributed by atoms with Crippen LogP contribution in [0.4, 0.5) is 11.4 Å². The van der Waals surface area contributed by atoms with Gasteiger partial charge in [0.1, 0.15) is 0 Å². The first-order chi connectivity index (χ1) is 15.7. The number of carbonyl (C=O) groups is 2. The number of anilines is 2. The lowest BCUT2D eigenvalue weighted by Gasteiger charge is -2.20. The molecule has 0 bridgehead atoms. The largest absolute Gasteiger partial charge is 0.478 e. The van der Waals surface area contributed by atoms with Crippen LogP contribution in [-0.4, -0.2) is 43.0 Å². The average molecular weight is 458 g/mol. The van der Waals surface area contributed by atoms with Gasteiger partial charge in [-0.3, -0.25) is 20.8 Å². The van der Waals surface area contributed by atoms with Gasteiger partial charge in [-0.05, 0) is 66.5 Å². The van der Waals surface area contributed by atoms with E-state index in [1.54, 1.807) is 24.3 Å². The lowest BCUT2D eigenvalue weighted by Crippen LogP contribution is -2.16. The summed E-state index contributed by atoms with van der Waals surface area (Å²) in [7, 11) is 0. The number of carboxylic acid groups (broad SMARTS) is 2. The van der Waals surface area contributed by atoms with E-state index in [-0.39, 0.29) is 21.8 Å². The highest BCUT2D eigenvalue weighted by Gasteiger charge is 2.16. The maximum absolute atomic E-state index is 10.7. The van der Waals surface area contributed by atoms with E-state index in [9.17, 15) is 30.4 Å². The Labute approximate surface area is 190 Å². The third-order valence-electron chi connectivity index (χ3n) is 4.95. The summed E-state index contributed by atoms with van der Waals surface area (Å²) in [4.78, 5) is 21.4. The number of benzene rings is 2. The Morgan fingerprint density at radius 3 is 1.42 bits per heavy atom. The molecule has 2 rings (SSSR count). The summed E-state index contributed by atoms with van der Waals surface area (Å²) in [5.41, 5.74) is 2.92. The summed E-state index contributed by atoms with van der Waals surface area (Å²) in [5, 5.41) is 56.1. The van der Waals surface area contributed by atoms with Crippen LogP contribution >= 0.6 is 0 Å². The molecule has 0 spiro atoms. The van der Waals surface area contributed by atoms with Gasteiger partial charge < -0.3 is 10.2 Å². The fourth-order valence-electron chi connectivity index (χ4n) is 3.55. The molecule has 2 aromatic carbocycles. The van der Waals surface area contributed by atoms with Crippen LogP contribution in [0.3, 0.4) is 0 Å². The highest BCUT2D eigenvalue weighted by Crippen LogP contribution is 2.30. The normalized spacial score (nSPS) is 11.3. The van der Waals surface area contributed by atoms with Gasteiger partial charge in [-0.25, -0.2) is 9.59 Å². The molecule has 0 radical (unpaired) electrons. The van der Waals surface area contributed by atoms with Crippen molar-refractivity contribution in [3.8, 4) is 0 Å². The molecule has 0 saturated carbocycles. The van der Waals surface area contributed by atoms with Crippen LogP contribution in [0.2, 0.25) is 0 Å². The van der Waals surface area contributed by atoms with E-state index in [1.807, 2.05) is 0 Å². The molecule has 0 aliphatic heterocycles. The number of carboxylic acids is 2. The van der Waals surface area contributed by atoms with Crippen molar-refractivity contribution < 1.29 is 40.6 Å². The zero-order chi connectivity index (χ0) is 24.4. The van der Waals surface area contributed by atoms with E-state index in [2.05, 4.69) is 0 Å². The van der Waals surface area contributed by atoms with Gasteiger partial charge in [-0.15, -0.1) is 10.5 Å². The Bertz CT molecular complexity index is 950. The molecule has 10 heteroatoms. The molecule has 0 aliphatic carbocycles. The maximum Gasteiger partial charge on any atom is 0.327 e. The monoisotopic (exact) mass is 458 g/mol. The zero-order valence-electron chi connectivity index (χ0n) is 17.7. The molecule has 33 heavy (non-hydrogen) atoms. The van der Waals surface area contributed by atoms with Crippen LogP contribution in [0.1, 0.15) is 35.1 Å². The predicted molar refractivity (Wildman–Crippen MR) is 118 cm³/mol. The molecule has 0 fully saturated rings. The Kier molecular flexibility index (Phi) is 9.58. The van der Waals surface area contributed by atoms with Crippen LogP contribution in [0.25, 0.3) is 0 Å². The van der Waals surface area contributed by atoms with Crippen molar-refractivity contribution in [2.24, 2.45) is 0 Å². The van der Waals surface area contributed by atoms with E-state index in [0.717, 1.165) is 23.3 Å². The predicted octanol–water partition coefficient (Wildman–Crippen LogP) is 3.59. The van der Waals surface area contributed by atoms with Gasteiger partial charge in [0.25, 0.3) is 0 Å². The fraction of sp³-hybridized carbons (Fsp3) is 0.217. The number of nitrogens with zero attached hydrogens (tertiary/aromatic N) is 2. The molecule has 2 aromatic rings. The van der Waals surface area contributed by atoms with Crippen LogP contribution in [0.5, 0.6) is 0 Å². The second-order valence-electron chi connectivity index (χ2n) is 7.14. The average Bonchev–Trinajstić information content (AvgIpc) is 2.75. The standard InChI is InChI=1S/C23H26N2O8/c26-22(27)13-3-1-9-18-16(7-5-11-20(18)24(30)31)15-17-8-6-12-21(25(32)33)19(17)10-2-4-14-23(28)29/h3-8,11-14,30-33H,1-2,9-10,15H2,(H,26,27)(H,28,29). The van der Waals surface area contributed by atoms with E-state index in [4.69, 9.17) is 10.2 Å². The van der Waals surface area contributed by atoms with Crippen molar-refractivity contribution in [3.05, 3.63) is 83.0 Å². The summed E-state index contributed by atoms with van der Waals surface area (Å²) in [6.07, 6.45) is 6.62. The van der Waals surface area contributed by atoms with Gasteiger partial charge in [0.05, 0.1) is 11.4 Å². The second-order valence-corrected chi connectivity index (χ2v) is 7.14. The Morgan fingerprint density at radius 2 is 1.09 bits per heavy atom. The molecule has 0 unspecified atom stereocenters. The summed E-state index contributed by atoms with van der Waals surface area (Å²) >= 11 is 0. The van der Waals surface area contributed by atoms with Crippen LogP contribution in [-0.2, 0) is 28.9 Å². The molecule has 0 atom stereocenters. The number of hydrogen-bond acceptors (Lipinski definition) is 8. The van der Waals surface area contributed by atoms with Gasteiger partial charge in [-0.2, -0.15) is 0 Å². The third kappa shape index (κ3) is 7.74. The molecule has 0 heterocycles. The van der Waals surface area contributed by atoms with Crippen molar-refractivity contribution in [2.45, 2.75) is 32.1 Å². The number of allylic oxidation sites excluding steroid dienone is 2. The topological polar surface area (TPSA) is 162 Å². The van der Waals surface area contributed by atoms with Crippen molar-refractivity contribution in [1.82, 2.24) is 0 Å². The first-order valence-corrected chi connectivity index (χ1v) is 10.1. The minimum atomic E-state index is -1.08. The molecule has 10 nitrogen and oxygen atoms in total. The summed E-state index contributed by atoms with van der Waals surface area (Å²) in [6.45, 7) is 0. The summed E-state index contributed by atoms with van der Waals surface area (Å²) in [5.74, 6) is -2.16. The van der Waals surface area contributed by atoms with E-state index >= 15 is 0 Å². The van der Waals surface area contributed by atoms with Crippen molar-refractivity contribution >= 4 is 23.3 Å². The number of aliphatic carboxylic acids is 2. The minimum absolute atomic E-state index is 0.0109. The summed E-state index contributed by atoms with van der Waals surface area (Å²) in [6, 6.07) is 9.89. The smallest absolute Gasteiger partial charge is 0.327 e. The lowest BCUT2D eigenvalue weighted by atomic mass is 9.91. The first kappa shape index (κ1) is 25.6. The van der Waals surface area contributed by atoms with Crippen LogP contribution in [0, 0.1) is 0 Å². The Balaban J connectivity index is 2.42. The van der Waals surface area contributed by atoms with Gasteiger partial charge in [0, 0.05) is 12.2 Å². The zero-order valence-corrected chi connectivity index (χ0v) is 17.7. The van der Waals surface area contributed by atoms with Gasteiger partial charge in [0.15, 0.2) is 0 Å². The van der Waals surface area contributed by atoms with Crippen LogP contribution in [0.15, 0.2) is 60.7 Å². The maximum atomic E-state index is 10.7. The Morgan fingerprint density at radius 1 is 0.697 bits per heavy atom. The molecule has 6 N–H and O–H groups in total. The van der Waals surface area contributed by atoms with E-state index in [0.29, 0.717) is 43.2 Å². The van der Waals surface area contributed by atoms with E-state index < -0.39 is 11.9 Å². The number of hydrogen-bond donors (Lipinski definition) is 6. The molecular weight excluding hydrogens is 432 g/mol. The Hall–Kier alpha value is -3.70. The molecule has 176 valence electrons. The van der Waals surface area contributed by atoms with Gasteiger partial charge >= 0.3 is 11.9 Å². The quantitative estimate of drug-likeness (QED) is 0.205. The second kappa shape index (κ2) is 12.4. The van der Waals surface area contributed by atoms with E-state index in [1.165, 1.54) is 24.3 Å². The van der Waals surface area contributed by atoms with Crippen molar-refractivity contribution in [2.75, 3.05) is 10.5 Å². The third-order valence-corrected chi connectivity index (χ3v) is 4.95. The first-order valence-electron chi connectivity index (χ1n) is 10.1. The molecule has 0 aromatic heterocycles. The van der Waals surface area contributed by atoms with Gasteiger partial charge in [-0.1, -0.05) is 36.4 Å². The molecule has 0 saturated heterocycles. The van der Waals surface area contributed by atoms with Crippen molar-refractivity contribution in [3.63, 3.8) is 0 Å². The fourth-order valence-corrected chi connectivity index (χ4v) is 3.55. The number of rotatable bonds is 12. The van der Waals surface area contributed by atoms with Crippen LogP contribution < -0.4 is 10.5 Å². The lowest BCUT2D eigenvalue weighted by molar-refractivity contribution is -0.132. The highest BCUT2D eigenvalue weighted by atomic mass is 16.8. The molecule has 0 amide bonds. The highest BCUT2D eigenvalue weighted by molar-refractivity contribution is 5.80. The van der Waals surface area contributed by atoms with Gasteiger partial charge in [0.2, 0.25) is 0 Å². The molecular formula is C23H26N2O8. The SMILES string of the molecule is O=C(O)C=CCCc1c(Cc2cccc(N(O)O)c2CCC=CC(=O)O)cccc1N(O)O. The molecule has 0 aliphatic rings. The summed E-state index contributed by atoms with van der Waals surface area (Å²) < 4.78 is 0. The van der Waals surface area contributed by atoms with Crippen molar-refractivity contribution in [1.29, 1.82) is 0 Å².